The van der Waals surface area contributed by atoms with Gasteiger partial charge in [-0.1, -0.05) is 49.4 Å². The smallest absolute Gasteiger partial charge is 0.245 e. The lowest BCUT2D eigenvalue weighted by Crippen LogP contribution is -2.55. The van der Waals surface area contributed by atoms with E-state index in [1.54, 1.807) is 4.90 Å². The number of carbonyl (C=O) groups excluding carboxylic acids is 2. The maximum absolute atomic E-state index is 12.9. The molecule has 1 aromatic carbocycles. The Labute approximate surface area is 156 Å². The van der Waals surface area contributed by atoms with Crippen molar-refractivity contribution in [2.24, 2.45) is 0 Å². The van der Waals surface area contributed by atoms with E-state index in [9.17, 15) is 9.59 Å². The molecule has 0 bridgehead atoms. The molecule has 2 amide bonds. The van der Waals surface area contributed by atoms with Crippen molar-refractivity contribution in [3.8, 4) is 0 Å². The fourth-order valence-electron chi connectivity index (χ4n) is 3.79. The lowest BCUT2D eigenvalue weighted by atomic mass is 10.1. The number of amides is 2. The summed E-state index contributed by atoms with van der Waals surface area (Å²) in [5.41, 5.74) is 1.21. The van der Waals surface area contributed by atoms with Crippen molar-refractivity contribution in [3.05, 3.63) is 42.0 Å². The number of carbonyl (C=O) groups is 2. The molecule has 0 spiro atoms. The van der Waals surface area contributed by atoms with E-state index in [2.05, 4.69) is 29.2 Å². The highest BCUT2D eigenvalue weighted by molar-refractivity contribution is 5.88. The molecular weight excluding hydrogens is 326 g/mol. The van der Waals surface area contributed by atoms with Crippen LogP contribution < -0.4 is 0 Å². The SMILES string of the molecule is CCC(C(=O)N1CCN(CC=Cc2ccccc2)CC1)N1CCCC1=O. The molecule has 2 fully saturated rings. The Morgan fingerprint density at radius 2 is 1.85 bits per heavy atom. The Morgan fingerprint density at radius 3 is 2.46 bits per heavy atom. The first-order valence-electron chi connectivity index (χ1n) is 9.71. The molecule has 5 heteroatoms. The summed E-state index contributed by atoms with van der Waals surface area (Å²) in [6.45, 7) is 6.89. The van der Waals surface area contributed by atoms with Gasteiger partial charge in [0.2, 0.25) is 11.8 Å². The van der Waals surface area contributed by atoms with Crippen LogP contribution in [0.25, 0.3) is 6.08 Å². The monoisotopic (exact) mass is 355 g/mol. The van der Waals surface area contributed by atoms with Crippen LogP contribution in [0.15, 0.2) is 36.4 Å². The van der Waals surface area contributed by atoms with Crippen molar-refractivity contribution in [1.82, 2.24) is 14.7 Å². The Kier molecular flexibility index (Phi) is 6.45. The maximum atomic E-state index is 12.9. The first kappa shape index (κ1) is 18.6. The number of hydrogen-bond donors (Lipinski definition) is 0. The van der Waals surface area contributed by atoms with E-state index in [4.69, 9.17) is 0 Å². The quantitative estimate of drug-likeness (QED) is 0.786. The van der Waals surface area contributed by atoms with Gasteiger partial charge in [0.25, 0.3) is 0 Å². The molecule has 2 saturated heterocycles. The molecule has 1 unspecified atom stereocenters. The van der Waals surface area contributed by atoms with Gasteiger partial charge in [-0.15, -0.1) is 0 Å². The van der Waals surface area contributed by atoms with Crippen LogP contribution in [0.4, 0.5) is 0 Å². The van der Waals surface area contributed by atoms with Crippen LogP contribution in [0.1, 0.15) is 31.7 Å². The molecular formula is C21H29N3O2. The Bertz CT molecular complexity index is 636. The maximum Gasteiger partial charge on any atom is 0.245 e. The average Bonchev–Trinajstić information content (AvgIpc) is 3.09. The predicted molar refractivity (Wildman–Crippen MR) is 104 cm³/mol. The standard InChI is InChI=1S/C21H29N3O2/c1-2-19(24-13-7-11-20(24)25)21(26)23-16-14-22(15-17-23)12-6-10-18-8-4-3-5-9-18/h3-6,8-10,19H,2,7,11-17H2,1H3. The van der Waals surface area contributed by atoms with E-state index < -0.39 is 0 Å². The first-order chi connectivity index (χ1) is 12.7. The third-order valence-corrected chi connectivity index (χ3v) is 5.32. The van der Waals surface area contributed by atoms with Crippen molar-refractivity contribution in [2.45, 2.75) is 32.2 Å². The van der Waals surface area contributed by atoms with Crippen LogP contribution in [0.3, 0.4) is 0 Å². The first-order valence-corrected chi connectivity index (χ1v) is 9.71. The van der Waals surface area contributed by atoms with Crippen molar-refractivity contribution in [3.63, 3.8) is 0 Å². The van der Waals surface area contributed by atoms with Crippen LogP contribution in [-0.4, -0.2) is 71.8 Å². The zero-order chi connectivity index (χ0) is 18.4. The summed E-state index contributed by atoms with van der Waals surface area (Å²) in [5, 5.41) is 0. The summed E-state index contributed by atoms with van der Waals surface area (Å²) in [4.78, 5) is 31.0. The molecule has 1 aromatic rings. The third kappa shape index (κ3) is 4.52. The Morgan fingerprint density at radius 1 is 1.12 bits per heavy atom. The number of hydrogen-bond acceptors (Lipinski definition) is 3. The van der Waals surface area contributed by atoms with Gasteiger partial charge < -0.3 is 9.80 Å². The minimum absolute atomic E-state index is 0.127. The predicted octanol–water partition coefficient (Wildman–Crippen LogP) is 2.25. The number of rotatable bonds is 6. The molecule has 3 rings (SSSR count). The van der Waals surface area contributed by atoms with Gasteiger partial charge >= 0.3 is 0 Å². The molecule has 140 valence electrons. The summed E-state index contributed by atoms with van der Waals surface area (Å²) in [7, 11) is 0. The van der Waals surface area contributed by atoms with Gasteiger partial charge in [0, 0.05) is 45.7 Å². The molecule has 2 aliphatic heterocycles. The van der Waals surface area contributed by atoms with Gasteiger partial charge in [-0.3, -0.25) is 14.5 Å². The Balaban J connectivity index is 1.47. The van der Waals surface area contributed by atoms with E-state index in [1.807, 2.05) is 30.0 Å². The molecule has 5 nitrogen and oxygen atoms in total. The van der Waals surface area contributed by atoms with E-state index >= 15 is 0 Å². The minimum atomic E-state index is -0.269. The summed E-state index contributed by atoms with van der Waals surface area (Å²) < 4.78 is 0. The zero-order valence-corrected chi connectivity index (χ0v) is 15.6. The fourth-order valence-corrected chi connectivity index (χ4v) is 3.79. The number of benzene rings is 1. The summed E-state index contributed by atoms with van der Waals surface area (Å²) in [6, 6.07) is 10.0. The van der Waals surface area contributed by atoms with E-state index in [0.29, 0.717) is 12.8 Å². The largest absolute Gasteiger partial charge is 0.338 e. The van der Waals surface area contributed by atoms with Crippen LogP contribution in [0.5, 0.6) is 0 Å². The molecule has 1 atom stereocenters. The molecule has 2 aliphatic rings. The molecule has 0 aromatic heterocycles. The van der Waals surface area contributed by atoms with Gasteiger partial charge in [-0.25, -0.2) is 0 Å². The van der Waals surface area contributed by atoms with Gasteiger partial charge in [0.15, 0.2) is 0 Å². The zero-order valence-electron chi connectivity index (χ0n) is 15.6. The molecule has 26 heavy (non-hydrogen) atoms. The molecule has 0 saturated carbocycles. The number of likely N-dealkylation sites (tertiary alicyclic amines) is 1. The second-order valence-corrected chi connectivity index (χ2v) is 7.05. The van der Waals surface area contributed by atoms with Crippen molar-refractivity contribution in [2.75, 3.05) is 39.3 Å². The van der Waals surface area contributed by atoms with Crippen LogP contribution >= 0.6 is 0 Å². The van der Waals surface area contributed by atoms with E-state index in [0.717, 1.165) is 45.7 Å². The van der Waals surface area contributed by atoms with Gasteiger partial charge in [-0.05, 0) is 18.4 Å². The third-order valence-electron chi connectivity index (χ3n) is 5.32. The van der Waals surface area contributed by atoms with Gasteiger partial charge in [0.05, 0.1) is 0 Å². The highest BCUT2D eigenvalue weighted by Crippen LogP contribution is 2.18. The summed E-state index contributed by atoms with van der Waals surface area (Å²) >= 11 is 0. The molecule has 0 aliphatic carbocycles. The lowest BCUT2D eigenvalue weighted by molar-refractivity contribution is -0.144. The van der Waals surface area contributed by atoms with Gasteiger partial charge in [-0.2, -0.15) is 0 Å². The Hall–Kier alpha value is -2.14. The van der Waals surface area contributed by atoms with Gasteiger partial charge in [0.1, 0.15) is 6.04 Å². The van der Waals surface area contributed by atoms with Crippen LogP contribution in [0, 0.1) is 0 Å². The number of nitrogens with zero attached hydrogens (tertiary/aromatic N) is 3. The molecule has 0 radical (unpaired) electrons. The highest BCUT2D eigenvalue weighted by atomic mass is 16.2. The minimum Gasteiger partial charge on any atom is -0.338 e. The van der Waals surface area contributed by atoms with Crippen molar-refractivity contribution < 1.29 is 9.59 Å². The normalized spacial score (nSPS) is 20.1. The average molecular weight is 355 g/mol. The van der Waals surface area contributed by atoms with E-state index in [-0.39, 0.29) is 17.9 Å². The lowest BCUT2D eigenvalue weighted by Gasteiger charge is -2.37. The number of piperazine rings is 1. The molecule has 2 heterocycles. The highest BCUT2D eigenvalue weighted by Gasteiger charge is 2.34. The van der Waals surface area contributed by atoms with Crippen LogP contribution in [0.2, 0.25) is 0 Å². The molecule has 0 N–H and O–H groups in total. The van der Waals surface area contributed by atoms with E-state index in [1.165, 1.54) is 5.56 Å². The van der Waals surface area contributed by atoms with Crippen LogP contribution in [-0.2, 0) is 9.59 Å². The van der Waals surface area contributed by atoms with Crippen molar-refractivity contribution >= 4 is 17.9 Å². The fraction of sp³-hybridized carbons (Fsp3) is 0.524. The second kappa shape index (κ2) is 8.99. The summed E-state index contributed by atoms with van der Waals surface area (Å²) in [5.74, 6) is 0.261. The topological polar surface area (TPSA) is 43.9 Å². The van der Waals surface area contributed by atoms with Crippen molar-refractivity contribution in [1.29, 1.82) is 0 Å². The summed E-state index contributed by atoms with van der Waals surface area (Å²) in [6.07, 6.45) is 6.49. The second-order valence-electron chi connectivity index (χ2n) is 7.05.